The number of para-hydroxylation sites is 2. The van der Waals surface area contributed by atoms with Crippen LogP contribution in [0.5, 0.6) is 5.75 Å². The van der Waals surface area contributed by atoms with Gasteiger partial charge >= 0.3 is 0 Å². The van der Waals surface area contributed by atoms with Crippen molar-refractivity contribution in [3.05, 3.63) is 88.5 Å². The molecule has 0 saturated heterocycles. The molecule has 0 saturated carbocycles. The predicted octanol–water partition coefficient (Wildman–Crippen LogP) is 4.20. The number of carbonyl (C=O) groups excluding carboxylic acids is 1. The van der Waals surface area contributed by atoms with Crippen molar-refractivity contribution < 1.29 is 14.5 Å². The van der Waals surface area contributed by atoms with Crippen LogP contribution in [-0.2, 0) is 17.9 Å². The van der Waals surface area contributed by atoms with Crippen molar-refractivity contribution in [1.82, 2.24) is 9.55 Å². The van der Waals surface area contributed by atoms with Gasteiger partial charge in [0.2, 0.25) is 11.9 Å². The quantitative estimate of drug-likeness (QED) is 0.319. The van der Waals surface area contributed by atoms with Crippen molar-refractivity contribution in [2.45, 2.75) is 13.1 Å². The summed E-state index contributed by atoms with van der Waals surface area (Å²) in [4.78, 5) is 28.1. The normalized spacial score (nSPS) is 10.7. The Hall–Kier alpha value is -4.40. The number of anilines is 2. The molecule has 1 heterocycles. The van der Waals surface area contributed by atoms with Gasteiger partial charge in [0, 0.05) is 18.7 Å². The molecule has 0 aliphatic heterocycles. The minimum atomic E-state index is -0.524. The molecule has 0 spiro atoms. The SMILES string of the molecule is COc1ccc([N+](=O)[O-])cc1NC(=O)Cn1c(NCc2ccccc2)nc2ccccc21. The summed E-state index contributed by atoms with van der Waals surface area (Å²) in [6.07, 6.45) is 0. The van der Waals surface area contributed by atoms with E-state index in [0.717, 1.165) is 16.6 Å². The summed E-state index contributed by atoms with van der Waals surface area (Å²) in [5.74, 6) is 0.521. The van der Waals surface area contributed by atoms with Crippen LogP contribution < -0.4 is 15.4 Å². The van der Waals surface area contributed by atoms with Crippen LogP contribution in [-0.4, -0.2) is 27.5 Å². The summed E-state index contributed by atoms with van der Waals surface area (Å²) in [6, 6.07) is 21.4. The van der Waals surface area contributed by atoms with Crippen LogP contribution in [0, 0.1) is 10.1 Å². The molecule has 9 nitrogen and oxygen atoms in total. The second kappa shape index (κ2) is 9.17. The topological polar surface area (TPSA) is 111 Å². The lowest BCUT2D eigenvalue weighted by Crippen LogP contribution is -2.20. The average molecular weight is 431 g/mol. The molecule has 0 atom stereocenters. The molecule has 2 N–H and O–H groups in total. The monoisotopic (exact) mass is 431 g/mol. The standard InChI is InChI=1S/C23H21N5O4/c1-32-21-12-11-17(28(30)31)13-19(21)25-22(29)15-27-20-10-6-5-9-18(20)26-23(27)24-14-16-7-3-2-4-8-16/h2-13H,14-15H2,1H3,(H,24,26)(H,25,29). The molecule has 3 aromatic carbocycles. The van der Waals surface area contributed by atoms with Gasteiger partial charge in [-0.3, -0.25) is 14.9 Å². The Morgan fingerprint density at radius 3 is 2.59 bits per heavy atom. The van der Waals surface area contributed by atoms with E-state index in [0.29, 0.717) is 18.2 Å². The Bertz CT molecular complexity index is 1270. The first-order valence-electron chi connectivity index (χ1n) is 9.90. The second-order valence-corrected chi connectivity index (χ2v) is 7.04. The van der Waals surface area contributed by atoms with Crippen molar-refractivity contribution in [1.29, 1.82) is 0 Å². The zero-order valence-electron chi connectivity index (χ0n) is 17.3. The lowest BCUT2D eigenvalue weighted by Gasteiger charge is -2.13. The smallest absolute Gasteiger partial charge is 0.271 e. The Labute approximate surface area is 183 Å². The maximum absolute atomic E-state index is 12.9. The first kappa shape index (κ1) is 20.9. The molecule has 1 aromatic heterocycles. The number of methoxy groups -OCH3 is 1. The first-order valence-corrected chi connectivity index (χ1v) is 9.90. The van der Waals surface area contributed by atoms with Crippen LogP contribution in [0.2, 0.25) is 0 Å². The number of benzene rings is 3. The van der Waals surface area contributed by atoms with Crippen LogP contribution >= 0.6 is 0 Å². The van der Waals surface area contributed by atoms with Gasteiger partial charge in [0.15, 0.2) is 0 Å². The highest BCUT2D eigenvalue weighted by atomic mass is 16.6. The number of carbonyl (C=O) groups is 1. The highest BCUT2D eigenvalue weighted by molar-refractivity contribution is 5.94. The molecule has 4 rings (SSSR count). The number of nitro groups is 1. The number of amides is 1. The van der Waals surface area contributed by atoms with Crippen molar-refractivity contribution in [3.63, 3.8) is 0 Å². The number of nitro benzene ring substituents is 1. The predicted molar refractivity (Wildman–Crippen MR) is 122 cm³/mol. The van der Waals surface area contributed by atoms with Gasteiger partial charge in [-0.15, -0.1) is 0 Å². The first-order chi connectivity index (χ1) is 15.5. The molecule has 0 bridgehead atoms. The third-order valence-electron chi connectivity index (χ3n) is 4.92. The number of nitrogens with one attached hydrogen (secondary N) is 2. The number of non-ortho nitro benzene ring substituents is 1. The Morgan fingerprint density at radius 2 is 1.84 bits per heavy atom. The van der Waals surface area contributed by atoms with Gasteiger partial charge in [0.05, 0.1) is 28.8 Å². The lowest BCUT2D eigenvalue weighted by molar-refractivity contribution is -0.384. The van der Waals surface area contributed by atoms with E-state index in [9.17, 15) is 14.9 Å². The van der Waals surface area contributed by atoms with Crippen molar-refractivity contribution in [3.8, 4) is 5.75 Å². The molecule has 0 aliphatic rings. The third-order valence-corrected chi connectivity index (χ3v) is 4.92. The maximum Gasteiger partial charge on any atom is 0.271 e. The minimum absolute atomic E-state index is 0.0382. The van der Waals surface area contributed by atoms with Crippen molar-refractivity contribution in [2.75, 3.05) is 17.7 Å². The average Bonchev–Trinajstić information content (AvgIpc) is 3.15. The van der Waals surface area contributed by atoms with E-state index in [1.807, 2.05) is 54.6 Å². The summed E-state index contributed by atoms with van der Waals surface area (Å²) in [6.45, 7) is 0.508. The Balaban J connectivity index is 1.59. The summed E-state index contributed by atoms with van der Waals surface area (Å²) >= 11 is 0. The molecular formula is C23H21N5O4. The number of rotatable bonds is 8. The molecule has 1 amide bonds. The van der Waals surface area contributed by atoms with E-state index in [1.54, 1.807) is 4.57 Å². The molecule has 162 valence electrons. The fourth-order valence-corrected chi connectivity index (χ4v) is 3.39. The van der Waals surface area contributed by atoms with Gasteiger partial charge < -0.3 is 19.9 Å². The molecule has 0 unspecified atom stereocenters. The van der Waals surface area contributed by atoms with Crippen LogP contribution in [0.25, 0.3) is 11.0 Å². The number of hydrogen-bond acceptors (Lipinski definition) is 6. The van der Waals surface area contributed by atoms with E-state index in [4.69, 9.17) is 4.74 Å². The molecule has 0 aliphatic carbocycles. The van der Waals surface area contributed by atoms with Gasteiger partial charge in [0.1, 0.15) is 12.3 Å². The largest absolute Gasteiger partial charge is 0.495 e. The second-order valence-electron chi connectivity index (χ2n) is 7.04. The van der Waals surface area contributed by atoms with Crippen molar-refractivity contribution >= 4 is 34.3 Å². The third kappa shape index (κ3) is 4.51. The number of hydrogen-bond donors (Lipinski definition) is 2. The zero-order valence-corrected chi connectivity index (χ0v) is 17.3. The van der Waals surface area contributed by atoms with Gasteiger partial charge in [-0.1, -0.05) is 42.5 Å². The minimum Gasteiger partial charge on any atom is -0.495 e. The van der Waals surface area contributed by atoms with E-state index >= 15 is 0 Å². The summed E-state index contributed by atoms with van der Waals surface area (Å²) in [7, 11) is 1.44. The molecule has 9 heteroatoms. The van der Waals surface area contributed by atoms with Crippen LogP contribution in [0.15, 0.2) is 72.8 Å². The summed E-state index contributed by atoms with van der Waals surface area (Å²) < 4.78 is 7.00. The Morgan fingerprint density at radius 1 is 1.09 bits per heavy atom. The fourth-order valence-electron chi connectivity index (χ4n) is 3.39. The maximum atomic E-state index is 12.9. The van der Waals surface area contributed by atoms with Crippen LogP contribution in [0.3, 0.4) is 0 Å². The number of fused-ring (bicyclic) bond motifs is 1. The number of imidazole rings is 1. The van der Waals surface area contributed by atoms with Gasteiger partial charge in [-0.25, -0.2) is 4.98 Å². The lowest BCUT2D eigenvalue weighted by atomic mass is 10.2. The molecular weight excluding hydrogens is 410 g/mol. The van der Waals surface area contributed by atoms with Gasteiger partial charge in [0.25, 0.3) is 5.69 Å². The Kier molecular flexibility index (Phi) is 5.98. The van der Waals surface area contributed by atoms with Crippen LogP contribution in [0.1, 0.15) is 5.56 Å². The number of nitrogens with zero attached hydrogens (tertiary/aromatic N) is 3. The van der Waals surface area contributed by atoms with E-state index in [2.05, 4.69) is 15.6 Å². The molecule has 0 fully saturated rings. The summed E-state index contributed by atoms with van der Waals surface area (Å²) in [5.41, 5.74) is 2.72. The number of ether oxygens (including phenoxy) is 1. The summed E-state index contributed by atoms with van der Waals surface area (Å²) in [5, 5.41) is 17.1. The fraction of sp³-hybridized carbons (Fsp3) is 0.130. The number of aromatic nitrogens is 2. The zero-order chi connectivity index (χ0) is 22.5. The van der Waals surface area contributed by atoms with Crippen molar-refractivity contribution in [2.24, 2.45) is 0 Å². The molecule has 0 radical (unpaired) electrons. The highest BCUT2D eigenvalue weighted by Gasteiger charge is 2.17. The van der Waals surface area contributed by atoms with Crippen LogP contribution in [0.4, 0.5) is 17.3 Å². The van der Waals surface area contributed by atoms with E-state index in [1.165, 1.54) is 25.3 Å². The molecule has 32 heavy (non-hydrogen) atoms. The highest BCUT2D eigenvalue weighted by Crippen LogP contribution is 2.29. The molecule has 4 aromatic rings. The van der Waals surface area contributed by atoms with E-state index in [-0.39, 0.29) is 23.8 Å². The van der Waals surface area contributed by atoms with Gasteiger partial charge in [-0.05, 0) is 23.8 Å². The van der Waals surface area contributed by atoms with E-state index < -0.39 is 4.92 Å². The van der Waals surface area contributed by atoms with Gasteiger partial charge in [-0.2, -0.15) is 0 Å².